The number of nitrogens with zero attached hydrogens (tertiary/aromatic N) is 2. The average molecular weight is 275 g/mol. The molecule has 1 atom stereocenters. The molecule has 5 rings (SSSR count). The third kappa shape index (κ3) is 1.65. The van der Waals surface area contributed by atoms with Crippen LogP contribution in [0.1, 0.15) is 50.3 Å². The number of carboxylic acids is 1. The average Bonchev–Trinajstić information content (AvgIpc) is 2.85. The van der Waals surface area contributed by atoms with Crippen LogP contribution in [0.15, 0.2) is 12.5 Å². The van der Waals surface area contributed by atoms with Gasteiger partial charge in [0, 0.05) is 5.54 Å². The lowest BCUT2D eigenvalue weighted by Gasteiger charge is -2.57. The summed E-state index contributed by atoms with van der Waals surface area (Å²) in [6.07, 6.45) is 11.1. The zero-order chi connectivity index (χ0) is 13.9. The first-order valence-corrected chi connectivity index (χ1v) is 7.58. The van der Waals surface area contributed by atoms with E-state index in [0.29, 0.717) is 5.69 Å². The van der Waals surface area contributed by atoms with Gasteiger partial charge in [-0.15, -0.1) is 0 Å². The quantitative estimate of drug-likeness (QED) is 0.882. The molecule has 0 aromatic carbocycles. The molecule has 4 saturated carbocycles. The second-order valence-electron chi connectivity index (χ2n) is 7.15. The summed E-state index contributed by atoms with van der Waals surface area (Å²) in [6.45, 7) is 0. The van der Waals surface area contributed by atoms with Crippen LogP contribution in [0.3, 0.4) is 0 Å². The highest BCUT2D eigenvalue weighted by molar-refractivity contribution is 5.74. The Balaban J connectivity index is 1.74. The molecule has 0 radical (unpaired) electrons. The van der Waals surface area contributed by atoms with E-state index in [4.69, 9.17) is 5.73 Å². The molecule has 5 heteroatoms. The lowest BCUT2D eigenvalue weighted by molar-refractivity contribution is -0.139. The van der Waals surface area contributed by atoms with Gasteiger partial charge in [-0.05, 0) is 56.3 Å². The molecule has 5 nitrogen and oxygen atoms in total. The second-order valence-corrected chi connectivity index (χ2v) is 7.15. The van der Waals surface area contributed by atoms with E-state index >= 15 is 0 Å². The molecular weight excluding hydrogens is 254 g/mol. The SMILES string of the molecule is NC(C(=O)O)c1cncn1C12CC3CC(CC(C3)C1)C2. The zero-order valence-electron chi connectivity index (χ0n) is 11.5. The van der Waals surface area contributed by atoms with E-state index in [9.17, 15) is 9.90 Å². The fraction of sp³-hybridized carbons (Fsp3) is 0.733. The molecule has 4 aliphatic rings. The van der Waals surface area contributed by atoms with Gasteiger partial charge in [0.2, 0.25) is 0 Å². The third-order valence-corrected chi connectivity index (χ3v) is 5.77. The van der Waals surface area contributed by atoms with E-state index in [0.717, 1.165) is 17.8 Å². The van der Waals surface area contributed by atoms with Crippen LogP contribution < -0.4 is 5.73 Å². The second kappa shape index (κ2) is 4.07. The van der Waals surface area contributed by atoms with Gasteiger partial charge in [-0.1, -0.05) is 0 Å². The highest BCUT2D eigenvalue weighted by atomic mass is 16.4. The standard InChI is InChI=1S/C15H21N3O2/c16-13(14(19)20)12-7-17-8-18(12)15-4-9-1-10(5-15)3-11(2-9)6-15/h7-11,13H,1-6,16H2,(H,19,20). The van der Waals surface area contributed by atoms with Crippen LogP contribution in [0.25, 0.3) is 0 Å². The number of carboxylic acid groups (broad SMARTS) is 1. The molecule has 0 aliphatic heterocycles. The highest BCUT2D eigenvalue weighted by Crippen LogP contribution is 2.59. The van der Waals surface area contributed by atoms with Gasteiger partial charge < -0.3 is 15.4 Å². The lowest BCUT2D eigenvalue weighted by Crippen LogP contribution is -2.52. The Morgan fingerprint density at radius 3 is 2.35 bits per heavy atom. The molecule has 4 bridgehead atoms. The fourth-order valence-corrected chi connectivity index (χ4v) is 5.42. The molecule has 3 N–H and O–H groups in total. The maximum absolute atomic E-state index is 11.2. The summed E-state index contributed by atoms with van der Waals surface area (Å²) in [5.74, 6) is 1.48. The number of imidazole rings is 1. The number of carbonyl (C=O) groups is 1. The van der Waals surface area contributed by atoms with Crippen molar-refractivity contribution >= 4 is 5.97 Å². The smallest absolute Gasteiger partial charge is 0.326 e. The lowest BCUT2D eigenvalue weighted by atomic mass is 9.53. The first kappa shape index (κ1) is 12.4. The van der Waals surface area contributed by atoms with E-state index < -0.39 is 12.0 Å². The Morgan fingerprint density at radius 2 is 1.85 bits per heavy atom. The first-order valence-electron chi connectivity index (χ1n) is 7.58. The van der Waals surface area contributed by atoms with Gasteiger partial charge in [-0.3, -0.25) is 4.79 Å². The van der Waals surface area contributed by atoms with Crippen LogP contribution in [0.4, 0.5) is 0 Å². The Morgan fingerprint density at radius 1 is 1.30 bits per heavy atom. The molecule has 20 heavy (non-hydrogen) atoms. The monoisotopic (exact) mass is 275 g/mol. The molecular formula is C15H21N3O2. The van der Waals surface area contributed by atoms with Crippen LogP contribution >= 0.6 is 0 Å². The number of hydrogen-bond acceptors (Lipinski definition) is 3. The van der Waals surface area contributed by atoms with Gasteiger partial charge in [-0.25, -0.2) is 4.98 Å². The predicted octanol–water partition coefficient (Wildman–Crippen LogP) is 1.89. The molecule has 1 unspecified atom stereocenters. The van der Waals surface area contributed by atoms with Gasteiger partial charge in [0.25, 0.3) is 0 Å². The van der Waals surface area contributed by atoms with Crippen molar-refractivity contribution < 1.29 is 9.90 Å². The van der Waals surface area contributed by atoms with Gasteiger partial charge in [0.15, 0.2) is 0 Å². The Labute approximate surface area is 118 Å². The van der Waals surface area contributed by atoms with Gasteiger partial charge in [0.05, 0.1) is 18.2 Å². The molecule has 0 saturated heterocycles. The van der Waals surface area contributed by atoms with Crippen molar-refractivity contribution in [3.63, 3.8) is 0 Å². The van der Waals surface area contributed by atoms with Gasteiger partial charge >= 0.3 is 5.97 Å². The Bertz CT molecular complexity index is 516. The number of aromatic nitrogens is 2. The Kier molecular flexibility index (Phi) is 2.52. The van der Waals surface area contributed by atoms with Crippen molar-refractivity contribution in [2.45, 2.75) is 50.1 Å². The fourth-order valence-electron chi connectivity index (χ4n) is 5.42. The predicted molar refractivity (Wildman–Crippen MR) is 72.9 cm³/mol. The molecule has 1 heterocycles. The van der Waals surface area contributed by atoms with Crippen molar-refractivity contribution in [3.05, 3.63) is 18.2 Å². The third-order valence-electron chi connectivity index (χ3n) is 5.77. The highest BCUT2D eigenvalue weighted by Gasteiger charge is 2.52. The van der Waals surface area contributed by atoms with Crippen molar-refractivity contribution in [2.24, 2.45) is 23.5 Å². The molecule has 1 aromatic rings. The maximum atomic E-state index is 11.2. The molecule has 1 aromatic heterocycles. The summed E-state index contributed by atoms with van der Waals surface area (Å²) in [4.78, 5) is 15.4. The van der Waals surface area contributed by atoms with Crippen LogP contribution in [0.5, 0.6) is 0 Å². The normalized spacial score (nSPS) is 40.0. The topological polar surface area (TPSA) is 81.1 Å². The zero-order valence-corrected chi connectivity index (χ0v) is 11.5. The van der Waals surface area contributed by atoms with Crippen molar-refractivity contribution in [1.29, 1.82) is 0 Å². The van der Waals surface area contributed by atoms with Crippen LogP contribution in [-0.4, -0.2) is 20.6 Å². The van der Waals surface area contributed by atoms with Crippen LogP contribution in [-0.2, 0) is 10.3 Å². The summed E-state index contributed by atoms with van der Waals surface area (Å²) in [5, 5.41) is 9.19. The minimum Gasteiger partial charge on any atom is -0.480 e. The molecule has 108 valence electrons. The molecule has 4 fully saturated rings. The van der Waals surface area contributed by atoms with Crippen molar-refractivity contribution in [1.82, 2.24) is 9.55 Å². The number of nitrogens with two attached hydrogens (primary N) is 1. The minimum atomic E-state index is -0.975. The summed E-state index contributed by atoms with van der Waals surface area (Å²) in [6, 6.07) is -0.967. The molecule has 0 amide bonds. The first-order chi connectivity index (χ1) is 9.57. The molecule has 4 aliphatic carbocycles. The molecule has 0 spiro atoms. The van der Waals surface area contributed by atoms with Crippen LogP contribution in [0.2, 0.25) is 0 Å². The minimum absolute atomic E-state index is 0.0909. The van der Waals surface area contributed by atoms with E-state index in [-0.39, 0.29) is 5.54 Å². The van der Waals surface area contributed by atoms with Crippen molar-refractivity contribution in [2.75, 3.05) is 0 Å². The van der Waals surface area contributed by atoms with E-state index in [2.05, 4.69) is 9.55 Å². The van der Waals surface area contributed by atoms with Gasteiger partial charge in [0.1, 0.15) is 6.04 Å². The van der Waals surface area contributed by atoms with E-state index in [1.54, 1.807) is 6.20 Å². The summed E-state index contributed by atoms with van der Waals surface area (Å²) in [7, 11) is 0. The summed E-state index contributed by atoms with van der Waals surface area (Å²) in [5.41, 5.74) is 6.60. The summed E-state index contributed by atoms with van der Waals surface area (Å²) < 4.78 is 2.12. The Hall–Kier alpha value is -1.36. The maximum Gasteiger partial charge on any atom is 0.326 e. The van der Waals surface area contributed by atoms with Crippen LogP contribution in [0, 0.1) is 17.8 Å². The van der Waals surface area contributed by atoms with E-state index in [1.807, 2.05) is 6.33 Å². The number of hydrogen-bond donors (Lipinski definition) is 2. The van der Waals surface area contributed by atoms with Crippen molar-refractivity contribution in [3.8, 4) is 0 Å². The number of aliphatic carboxylic acids is 1. The largest absolute Gasteiger partial charge is 0.480 e. The van der Waals surface area contributed by atoms with E-state index in [1.165, 1.54) is 38.5 Å². The van der Waals surface area contributed by atoms with Gasteiger partial charge in [-0.2, -0.15) is 0 Å². The summed E-state index contributed by atoms with van der Waals surface area (Å²) >= 11 is 0. The number of rotatable bonds is 3.